The van der Waals surface area contributed by atoms with Crippen LogP contribution < -0.4 is 0 Å². The Balaban J connectivity index is 3.56. The largest absolute Gasteiger partial charge is 0.465 e. The molecule has 0 bridgehead atoms. The number of esters is 1. The lowest BCUT2D eigenvalue weighted by molar-refractivity contribution is -0.138. The summed E-state index contributed by atoms with van der Waals surface area (Å²) in [5.41, 5.74) is -1.64. The molecule has 0 radical (unpaired) electrons. The zero-order chi connectivity index (χ0) is 13.2. The summed E-state index contributed by atoms with van der Waals surface area (Å²) in [5.74, 6) is -1.00. The molecule has 0 atom stereocenters. The van der Waals surface area contributed by atoms with Crippen LogP contribution in [-0.2, 0) is 10.9 Å². The van der Waals surface area contributed by atoms with Crippen LogP contribution in [0.5, 0.6) is 0 Å². The number of carbonyl (C=O) groups is 1. The number of benzene rings is 1. The van der Waals surface area contributed by atoms with Crippen molar-refractivity contribution >= 4 is 21.9 Å². The highest BCUT2D eigenvalue weighted by Gasteiger charge is 2.35. The molecule has 1 rings (SSSR count). The Hall–Kier alpha value is -1.55. The molecule has 7 heteroatoms. The third-order valence-corrected chi connectivity index (χ3v) is 2.78. The van der Waals surface area contributed by atoms with Gasteiger partial charge in [-0.2, -0.15) is 18.4 Å². The van der Waals surface area contributed by atoms with Crippen molar-refractivity contribution in [2.24, 2.45) is 0 Å². The van der Waals surface area contributed by atoms with Crippen LogP contribution in [0.2, 0.25) is 0 Å². The van der Waals surface area contributed by atoms with Gasteiger partial charge < -0.3 is 4.74 Å². The molecule has 0 saturated carbocycles. The minimum atomic E-state index is -4.62. The molecule has 1 aromatic carbocycles. The van der Waals surface area contributed by atoms with Gasteiger partial charge in [-0.25, -0.2) is 4.79 Å². The van der Waals surface area contributed by atoms with Gasteiger partial charge >= 0.3 is 12.1 Å². The van der Waals surface area contributed by atoms with Crippen molar-refractivity contribution in [1.29, 1.82) is 5.26 Å². The van der Waals surface area contributed by atoms with Gasteiger partial charge in [0, 0.05) is 4.47 Å². The number of ether oxygens (including phenoxy) is 1. The normalized spacial score (nSPS) is 10.8. The van der Waals surface area contributed by atoms with Crippen LogP contribution in [-0.4, -0.2) is 13.1 Å². The standard InChI is InChI=1S/C10H5BrF3NO2/c1-17-9(16)7-5(4-15)2-3-6(8(7)11)10(12,13)14/h2-3H,1H3. The average Bonchev–Trinajstić information content (AvgIpc) is 2.25. The van der Waals surface area contributed by atoms with Gasteiger partial charge in [0.1, 0.15) is 6.07 Å². The molecule has 1 aromatic rings. The van der Waals surface area contributed by atoms with E-state index in [4.69, 9.17) is 5.26 Å². The Kier molecular flexibility index (Phi) is 3.78. The summed E-state index contributed by atoms with van der Waals surface area (Å²) >= 11 is 2.68. The first-order valence-electron chi connectivity index (χ1n) is 4.21. The third-order valence-electron chi connectivity index (χ3n) is 1.96. The first-order chi connectivity index (χ1) is 7.82. The number of methoxy groups -OCH3 is 1. The molecule has 0 fully saturated rings. The lowest BCUT2D eigenvalue weighted by atomic mass is 10.0. The van der Waals surface area contributed by atoms with Gasteiger partial charge in [-0.05, 0) is 28.1 Å². The Morgan fingerprint density at radius 1 is 1.47 bits per heavy atom. The Morgan fingerprint density at radius 2 is 2.06 bits per heavy atom. The van der Waals surface area contributed by atoms with Crippen molar-refractivity contribution in [3.63, 3.8) is 0 Å². The van der Waals surface area contributed by atoms with E-state index >= 15 is 0 Å². The van der Waals surface area contributed by atoms with Gasteiger partial charge in [0.05, 0.1) is 23.8 Å². The highest BCUT2D eigenvalue weighted by molar-refractivity contribution is 9.10. The predicted octanol–water partition coefficient (Wildman–Crippen LogP) is 3.13. The zero-order valence-electron chi connectivity index (χ0n) is 8.43. The molecular weight excluding hydrogens is 303 g/mol. The molecule has 0 N–H and O–H groups in total. The molecule has 0 aliphatic rings. The topological polar surface area (TPSA) is 50.1 Å². The number of alkyl halides is 3. The first kappa shape index (κ1) is 13.5. The van der Waals surface area contributed by atoms with Crippen molar-refractivity contribution in [2.75, 3.05) is 7.11 Å². The summed E-state index contributed by atoms with van der Waals surface area (Å²) in [7, 11) is 1.02. The molecule has 3 nitrogen and oxygen atoms in total. The molecule has 0 amide bonds. The second-order valence-electron chi connectivity index (χ2n) is 2.95. The molecule has 0 aliphatic carbocycles. The van der Waals surface area contributed by atoms with E-state index in [1.54, 1.807) is 6.07 Å². The van der Waals surface area contributed by atoms with Crippen molar-refractivity contribution in [3.8, 4) is 6.07 Å². The van der Waals surface area contributed by atoms with Gasteiger partial charge in [0.25, 0.3) is 0 Å². The third kappa shape index (κ3) is 2.58. The Labute approximate surface area is 103 Å². The maximum absolute atomic E-state index is 12.6. The summed E-state index contributed by atoms with van der Waals surface area (Å²) in [6, 6.07) is 3.29. The summed E-state index contributed by atoms with van der Waals surface area (Å²) in [4.78, 5) is 11.3. The molecule has 0 heterocycles. The van der Waals surface area contributed by atoms with E-state index in [0.717, 1.165) is 19.2 Å². The first-order valence-corrected chi connectivity index (χ1v) is 5.00. The highest BCUT2D eigenvalue weighted by Crippen LogP contribution is 2.37. The SMILES string of the molecule is COC(=O)c1c(C#N)ccc(C(F)(F)F)c1Br. The number of halogens is 4. The fraction of sp³-hybridized carbons (Fsp3) is 0.200. The van der Waals surface area contributed by atoms with Crippen molar-refractivity contribution in [2.45, 2.75) is 6.18 Å². The van der Waals surface area contributed by atoms with Crippen LogP contribution in [0.3, 0.4) is 0 Å². The number of carbonyl (C=O) groups excluding carboxylic acids is 1. The molecule has 0 aliphatic heterocycles. The minimum Gasteiger partial charge on any atom is -0.465 e. The molecule has 0 spiro atoms. The van der Waals surface area contributed by atoms with Crippen LogP contribution in [0, 0.1) is 11.3 Å². The van der Waals surface area contributed by atoms with E-state index < -0.39 is 27.7 Å². The van der Waals surface area contributed by atoms with Crippen LogP contribution in [0.4, 0.5) is 13.2 Å². The van der Waals surface area contributed by atoms with E-state index in [1.165, 1.54) is 0 Å². The smallest absolute Gasteiger partial charge is 0.417 e. The van der Waals surface area contributed by atoms with Gasteiger partial charge in [-0.15, -0.1) is 0 Å². The van der Waals surface area contributed by atoms with Gasteiger partial charge in [0.2, 0.25) is 0 Å². The number of hydrogen-bond acceptors (Lipinski definition) is 3. The van der Waals surface area contributed by atoms with Gasteiger partial charge in [-0.3, -0.25) is 0 Å². The monoisotopic (exact) mass is 307 g/mol. The maximum atomic E-state index is 12.6. The lowest BCUT2D eigenvalue weighted by Crippen LogP contribution is -2.12. The van der Waals surface area contributed by atoms with Crippen LogP contribution in [0.1, 0.15) is 21.5 Å². The van der Waals surface area contributed by atoms with Crippen LogP contribution >= 0.6 is 15.9 Å². The zero-order valence-corrected chi connectivity index (χ0v) is 10.0. The lowest BCUT2D eigenvalue weighted by Gasteiger charge is -2.12. The summed E-state index contributed by atoms with van der Waals surface area (Å²) in [6.07, 6.45) is -4.62. The second kappa shape index (κ2) is 4.75. The van der Waals surface area contributed by atoms with Gasteiger partial charge in [-0.1, -0.05) is 0 Å². The molecule has 0 unspecified atom stereocenters. The fourth-order valence-electron chi connectivity index (χ4n) is 1.19. The quantitative estimate of drug-likeness (QED) is 0.749. The van der Waals surface area contributed by atoms with Crippen molar-refractivity contribution in [1.82, 2.24) is 0 Å². The minimum absolute atomic E-state index is 0.184. The van der Waals surface area contributed by atoms with Gasteiger partial charge in [0.15, 0.2) is 0 Å². The van der Waals surface area contributed by atoms with E-state index in [1.807, 2.05) is 0 Å². The van der Waals surface area contributed by atoms with E-state index in [9.17, 15) is 18.0 Å². The summed E-state index contributed by atoms with van der Waals surface area (Å²) in [5, 5.41) is 8.72. The molecule has 0 saturated heterocycles. The second-order valence-corrected chi connectivity index (χ2v) is 3.74. The Morgan fingerprint density at radius 3 is 2.47 bits per heavy atom. The Bertz CT molecular complexity index is 505. The van der Waals surface area contributed by atoms with Crippen LogP contribution in [0.15, 0.2) is 16.6 Å². The van der Waals surface area contributed by atoms with E-state index in [0.29, 0.717) is 0 Å². The number of rotatable bonds is 1. The van der Waals surface area contributed by atoms with Crippen molar-refractivity contribution < 1.29 is 22.7 Å². The molecule has 90 valence electrons. The fourth-order valence-corrected chi connectivity index (χ4v) is 1.92. The van der Waals surface area contributed by atoms with E-state index in [2.05, 4.69) is 20.7 Å². The molecule has 0 aromatic heterocycles. The van der Waals surface area contributed by atoms with E-state index in [-0.39, 0.29) is 5.56 Å². The average molecular weight is 308 g/mol. The molecule has 17 heavy (non-hydrogen) atoms. The summed E-state index contributed by atoms with van der Waals surface area (Å²) < 4.78 is 41.6. The number of nitriles is 1. The predicted molar refractivity (Wildman–Crippen MR) is 55.2 cm³/mol. The summed E-state index contributed by atoms with van der Waals surface area (Å²) in [6.45, 7) is 0. The van der Waals surface area contributed by atoms with Crippen molar-refractivity contribution in [3.05, 3.63) is 33.3 Å². The number of nitrogens with zero attached hydrogens (tertiary/aromatic N) is 1. The number of hydrogen-bond donors (Lipinski definition) is 0. The van der Waals surface area contributed by atoms with Crippen LogP contribution in [0.25, 0.3) is 0 Å². The maximum Gasteiger partial charge on any atom is 0.417 e. The highest BCUT2D eigenvalue weighted by atomic mass is 79.9. The molecular formula is C10H5BrF3NO2.